The van der Waals surface area contributed by atoms with Gasteiger partial charge in [-0.05, 0) is 32.0 Å². The fourth-order valence-electron chi connectivity index (χ4n) is 1.42. The normalized spacial score (nSPS) is 13.0. The highest BCUT2D eigenvalue weighted by Crippen LogP contribution is 2.22. The summed E-state index contributed by atoms with van der Waals surface area (Å²) in [5, 5.41) is 2.54. The van der Waals surface area contributed by atoms with Gasteiger partial charge in [-0.2, -0.15) is 4.72 Å². The highest BCUT2D eigenvalue weighted by Gasteiger charge is 2.23. The van der Waals surface area contributed by atoms with Crippen LogP contribution in [0.15, 0.2) is 27.6 Å². The van der Waals surface area contributed by atoms with Gasteiger partial charge in [0.25, 0.3) is 0 Å². The smallest absolute Gasteiger partial charge is 0.243 e. The van der Waals surface area contributed by atoms with Crippen LogP contribution in [0.3, 0.4) is 0 Å². The zero-order valence-electron chi connectivity index (χ0n) is 10.6. The van der Waals surface area contributed by atoms with E-state index in [0.717, 1.165) is 0 Å². The number of halogens is 1. The SMILES string of the molecule is CCNC(=O)C(C)NS(=O)(=O)c1cc(Br)ccc1N. The van der Waals surface area contributed by atoms with E-state index in [4.69, 9.17) is 5.73 Å². The Balaban J connectivity index is 2.99. The van der Waals surface area contributed by atoms with Crippen LogP contribution in [-0.2, 0) is 14.8 Å². The van der Waals surface area contributed by atoms with Gasteiger partial charge in [0, 0.05) is 11.0 Å². The van der Waals surface area contributed by atoms with Crippen LogP contribution in [0.25, 0.3) is 0 Å². The van der Waals surface area contributed by atoms with Crippen LogP contribution >= 0.6 is 15.9 Å². The number of benzene rings is 1. The number of nitrogen functional groups attached to an aromatic ring is 1. The van der Waals surface area contributed by atoms with Gasteiger partial charge in [-0.15, -0.1) is 0 Å². The summed E-state index contributed by atoms with van der Waals surface area (Å²) in [4.78, 5) is 11.5. The summed E-state index contributed by atoms with van der Waals surface area (Å²) < 4.78 is 27.1. The lowest BCUT2D eigenvalue weighted by atomic mass is 10.3. The number of nitrogens with one attached hydrogen (secondary N) is 2. The third kappa shape index (κ3) is 4.19. The number of carbonyl (C=O) groups is 1. The minimum atomic E-state index is -3.84. The van der Waals surface area contributed by atoms with Crippen LogP contribution in [0.4, 0.5) is 5.69 Å². The lowest BCUT2D eigenvalue weighted by Gasteiger charge is -2.15. The number of anilines is 1. The van der Waals surface area contributed by atoms with E-state index in [9.17, 15) is 13.2 Å². The highest BCUT2D eigenvalue weighted by atomic mass is 79.9. The van der Waals surface area contributed by atoms with E-state index in [1.165, 1.54) is 19.1 Å². The van der Waals surface area contributed by atoms with Gasteiger partial charge in [0.15, 0.2) is 0 Å². The first kappa shape index (κ1) is 15.9. The molecule has 0 aliphatic carbocycles. The number of rotatable bonds is 5. The molecule has 1 amide bonds. The van der Waals surface area contributed by atoms with Gasteiger partial charge < -0.3 is 11.1 Å². The Morgan fingerprint density at radius 2 is 2.11 bits per heavy atom. The number of hydrogen-bond donors (Lipinski definition) is 3. The van der Waals surface area contributed by atoms with Gasteiger partial charge in [0.1, 0.15) is 4.90 Å². The Bertz CT molecular complexity index is 575. The molecule has 0 fully saturated rings. The van der Waals surface area contributed by atoms with E-state index in [-0.39, 0.29) is 16.5 Å². The van der Waals surface area contributed by atoms with Crippen molar-refractivity contribution in [3.63, 3.8) is 0 Å². The molecule has 0 saturated heterocycles. The predicted octanol–water partition coefficient (Wildman–Crippen LogP) is 0.834. The summed E-state index contributed by atoms with van der Waals surface area (Å²) in [6.45, 7) is 3.66. The number of hydrogen-bond acceptors (Lipinski definition) is 4. The third-order valence-electron chi connectivity index (χ3n) is 2.34. The van der Waals surface area contributed by atoms with Gasteiger partial charge in [-0.3, -0.25) is 4.79 Å². The maximum absolute atomic E-state index is 12.1. The molecule has 19 heavy (non-hydrogen) atoms. The summed E-state index contributed by atoms with van der Waals surface area (Å²) in [5.41, 5.74) is 5.77. The molecule has 106 valence electrons. The van der Waals surface area contributed by atoms with Crippen molar-refractivity contribution in [1.29, 1.82) is 0 Å². The molecule has 1 unspecified atom stereocenters. The van der Waals surface area contributed by atoms with Crippen molar-refractivity contribution in [3.8, 4) is 0 Å². The second-order valence-corrected chi connectivity index (χ2v) is 6.52. The number of carbonyl (C=O) groups excluding carboxylic acids is 1. The average Bonchev–Trinajstić information content (AvgIpc) is 2.31. The standard InChI is InChI=1S/C11H16BrN3O3S/c1-3-14-11(16)7(2)15-19(17,18)10-6-8(12)4-5-9(10)13/h4-7,15H,3,13H2,1-2H3,(H,14,16). The minimum Gasteiger partial charge on any atom is -0.398 e. The number of sulfonamides is 1. The van der Waals surface area contributed by atoms with E-state index in [1.54, 1.807) is 13.0 Å². The Labute approximate surface area is 120 Å². The molecule has 0 aliphatic rings. The summed E-state index contributed by atoms with van der Waals surface area (Å²) >= 11 is 3.18. The van der Waals surface area contributed by atoms with Gasteiger partial charge in [-0.1, -0.05) is 15.9 Å². The fourth-order valence-corrected chi connectivity index (χ4v) is 3.29. The van der Waals surface area contributed by atoms with Gasteiger partial charge in [0.2, 0.25) is 15.9 Å². The van der Waals surface area contributed by atoms with Crippen LogP contribution in [0.2, 0.25) is 0 Å². The van der Waals surface area contributed by atoms with E-state index in [2.05, 4.69) is 26.0 Å². The zero-order chi connectivity index (χ0) is 14.6. The largest absolute Gasteiger partial charge is 0.398 e. The first-order valence-corrected chi connectivity index (χ1v) is 7.90. The van der Waals surface area contributed by atoms with Gasteiger partial charge in [0.05, 0.1) is 11.7 Å². The summed E-state index contributed by atoms with van der Waals surface area (Å²) in [6.07, 6.45) is 0. The molecule has 0 aromatic heterocycles. The molecule has 1 aromatic rings. The van der Waals surface area contributed by atoms with E-state index in [1.807, 2.05) is 0 Å². The monoisotopic (exact) mass is 349 g/mol. The second-order valence-electron chi connectivity index (χ2n) is 3.92. The molecule has 8 heteroatoms. The lowest BCUT2D eigenvalue weighted by Crippen LogP contribution is -2.44. The molecule has 1 rings (SSSR count). The average molecular weight is 350 g/mol. The second kappa shape index (κ2) is 6.36. The van der Waals surface area contributed by atoms with Crippen molar-refractivity contribution in [2.45, 2.75) is 24.8 Å². The van der Waals surface area contributed by atoms with E-state index < -0.39 is 16.1 Å². The zero-order valence-corrected chi connectivity index (χ0v) is 13.0. The van der Waals surface area contributed by atoms with Gasteiger partial charge in [-0.25, -0.2) is 8.42 Å². The topological polar surface area (TPSA) is 101 Å². The number of likely N-dealkylation sites (N-methyl/N-ethyl adjacent to an activating group) is 1. The molecule has 0 radical (unpaired) electrons. The Morgan fingerprint density at radius 1 is 1.47 bits per heavy atom. The van der Waals surface area contributed by atoms with Crippen molar-refractivity contribution in [2.75, 3.05) is 12.3 Å². The molecule has 1 atom stereocenters. The summed E-state index contributed by atoms with van der Waals surface area (Å²) in [7, 11) is -3.84. The summed E-state index contributed by atoms with van der Waals surface area (Å²) in [5.74, 6) is -0.389. The lowest BCUT2D eigenvalue weighted by molar-refractivity contribution is -0.122. The highest BCUT2D eigenvalue weighted by molar-refractivity contribution is 9.10. The van der Waals surface area contributed by atoms with Crippen molar-refractivity contribution >= 4 is 37.5 Å². The Morgan fingerprint density at radius 3 is 2.68 bits per heavy atom. The quantitative estimate of drug-likeness (QED) is 0.685. The Kier molecular flexibility index (Phi) is 5.33. The molecule has 0 heterocycles. The molecule has 6 nitrogen and oxygen atoms in total. The molecular weight excluding hydrogens is 334 g/mol. The van der Waals surface area contributed by atoms with Crippen LogP contribution in [-0.4, -0.2) is 26.9 Å². The van der Waals surface area contributed by atoms with Crippen molar-refractivity contribution < 1.29 is 13.2 Å². The molecule has 1 aromatic carbocycles. The minimum absolute atomic E-state index is 0.0574. The maximum atomic E-state index is 12.1. The Hall–Kier alpha value is -1.12. The molecule has 0 saturated carbocycles. The first-order valence-electron chi connectivity index (χ1n) is 5.63. The van der Waals surface area contributed by atoms with Crippen LogP contribution in [0.5, 0.6) is 0 Å². The molecule has 4 N–H and O–H groups in total. The van der Waals surface area contributed by atoms with E-state index >= 15 is 0 Å². The van der Waals surface area contributed by atoms with Crippen LogP contribution < -0.4 is 15.8 Å². The molecule has 0 bridgehead atoms. The molecule has 0 spiro atoms. The molecular formula is C11H16BrN3O3S. The fraction of sp³-hybridized carbons (Fsp3) is 0.364. The third-order valence-corrected chi connectivity index (χ3v) is 4.43. The first-order chi connectivity index (χ1) is 8.77. The van der Waals surface area contributed by atoms with Crippen LogP contribution in [0, 0.1) is 0 Å². The van der Waals surface area contributed by atoms with Crippen LogP contribution in [0.1, 0.15) is 13.8 Å². The van der Waals surface area contributed by atoms with E-state index in [0.29, 0.717) is 11.0 Å². The molecule has 0 aliphatic heterocycles. The van der Waals surface area contributed by atoms with Crippen molar-refractivity contribution in [3.05, 3.63) is 22.7 Å². The number of amides is 1. The van der Waals surface area contributed by atoms with Crippen molar-refractivity contribution in [2.24, 2.45) is 0 Å². The number of nitrogens with two attached hydrogens (primary N) is 1. The predicted molar refractivity (Wildman–Crippen MR) is 77.0 cm³/mol. The van der Waals surface area contributed by atoms with Gasteiger partial charge >= 0.3 is 0 Å². The summed E-state index contributed by atoms with van der Waals surface area (Å²) in [6, 6.07) is 3.64. The van der Waals surface area contributed by atoms with Crippen molar-refractivity contribution in [1.82, 2.24) is 10.0 Å². The maximum Gasteiger partial charge on any atom is 0.243 e.